The van der Waals surface area contributed by atoms with Crippen molar-refractivity contribution in [2.45, 2.75) is 426 Å². The molecule has 0 aliphatic rings. The zero-order valence-corrected chi connectivity index (χ0v) is 64.0. The summed E-state index contributed by atoms with van der Waals surface area (Å²) in [6.45, 7) is 20.2. The van der Waals surface area contributed by atoms with Crippen molar-refractivity contribution >= 4 is 29.3 Å². The average Bonchev–Trinajstić information content (AvgIpc) is 3.76. The molecule has 11 nitrogen and oxygen atoms in total. The number of Topliss-reactive ketones (excluding diaryl/α,β-unsaturated/α-hetero) is 2. The van der Waals surface area contributed by atoms with E-state index in [0.29, 0.717) is 89.2 Å². The van der Waals surface area contributed by atoms with Crippen molar-refractivity contribution in [2.24, 2.45) is 0 Å². The molecule has 0 aliphatic carbocycles. The molecular weight excluding hydrogens is 1160 g/mol. The number of hydrogen-bond acceptors (Lipinski definition) is 8. The number of nitrogens with one attached hydrogen (secondary N) is 3. The largest absolute Gasteiger partial charge is 0.356 e. The lowest BCUT2D eigenvalue weighted by Crippen LogP contribution is -2.39. The number of unbranched alkanes of at least 4 members (excludes halogenated alkanes) is 48. The first-order chi connectivity index (χ1) is 46.2. The fourth-order valence-corrected chi connectivity index (χ4v) is 13.3. The second-order valence-corrected chi connectivity index (χ2v) is 29.2. The van der Waals surface area contributed by atoms with Crippen LogP contribution in [0, 0.1) is 0 Å². The van der Waals surface area contributed by atoms with Gasteiger partial charge in [0.05, 0.1) is 0 Å². The highest BCUT2D eigenvalue weighted by atomic mass is 16.2. The van der Waals surface area contributed by atoms with Crippen LogP contribution in [0.25, 0.3) is 0 Å². The number of rotatable bonds is 80. The van der Waals surface area contributed by atoms with Crippen LogP contribution in [0.1, 0.15) is 426 Å². The Balaban J connectivity index is 5.82. The quantitative estimate of drug-likeness (QED) is 0.0513. The van der Waals surface area contributed by atoms with Crippen molar-refractivity contribution < 1.29 is 24.0 Å². The van der Waals surface area contributed by atoms with E-state index in [4.69, 9.17) is 0 Å². The van der Waals surface area contributed by atoms with Crippen LogP contribution >= 0.6 is 0 Å². The number of hydrogen-bond donors (Lipinski definition) is 3. The van der Waals surface area contributed by atoms with Gasteiger partial charge >= 0.3 is 0 Å². The van der Waals surface area contributed by atoms with Crippen LogP contribution in [-0.4, -0.2) is 123 Å². The maximum Gasteiger partial charge on any atom is 0.221 e. The summed E-state index contributed by atoms with van der Waals surface area (Å²) in [5.74, 6) is 1.03. The molecule has 0 aromatic rings. The molecule has 0 aromatic carbocycles. The van der Waals surface area contributed by atoms with Crippen LogP contribution in [0.15, 0.2) is 0 Å². The van der Waals surface area contributed by atoms with Crippen molar-refractivity contribution in [2.75, 3.05) is 78.5 Å². The summed E-state index contributed by atoms with van der Waals surface area (Å²) in [5.41, 5.74) is 0. The number of ketones is 2. The van der Waals surface area contributed by atoms with Crippen molar-refractivity contribution in [1.82, 2.24) is 30.7 Å². The molecule has 556 valence electrons. The van der Waals surface area contributed by atoms with E-state index >= 15 is 0 Å². The van der Waals surface area contributed by atoms with Gasteiger partial charge in [-0.25, -0.2) is 0 Å². The highest BCUT2D eigenvalue weighted by Gasteiger charge is 2.17. The SMILES string of the molecule is CCCCCCCCCCCCCC(=O)CCN(CCC(=O)CCCCCCCCCCCC)CCN(CCCCCN(CCC(=O)NCCCCCCCCCCCC)CCC(=O)NCCCCCCCCCCCC)CCC(=O)NCCCCCCCCCCCC. The lowest BCUT2D eigenvalue weighted by molar-refractivity contribution is -0.122. The molecule has 0 atom stereocenters. The Morgan fingerprint density at radius 1 is 0.181 bits per heavy atom. The van der Waals surface area contributed by atoms with E-state index in [1.54, 1.807) is 0 Å². The van der Waals surface area contributed by atoms with E-state index in [9.17, 15) is 24.0 Å². The van der Waals surface area contributed by atoms with Crippen molar-refractivity contribution in [3.63, 3.8) is 0 Å². The Kier molecular flexibility index (Phi) is 74.5. The third-order valence-corrected chi connectivity index (χ3v) is 20.0. The molecule has 0 aliphatic heterocycles. The van der Waals surface area contributed by atoms with E-state index < -0.39 is 0 Å². The summed E-state index contributed by atoms with van der Waals surface area (Å²) in [4.78, 5) is 73.8. The summed E-state index contributed by atoms with van der Waals surface area (Å²) in [7, 11) is 0. The molecule has 0 radical (unpaired) electrons. The molecule has 0 rings (SSSR count). The molecule has 0 heterocycles. The summed E-state index contributed by atoms with van der Waals surface area (Å²) >= 11 is 0. The van der Waals surface area contributed by atoms with E-state index in [1.807, 2.05) is 0 Å². The second kappa shape index (κ2) is 76.4. The van der Waals surface area contributed by atoms with Gasteiger partial charge in [0.1, 0.15) is 11.6 Å². The number of carbonyl (C=O) groups excluding carboxylic acids is 5. The first-order valence-corrected chi connectivity index (χ1v) is 42.2. The minimum Gasteiger partial charge on any atom is -0.356 e. The summed E-state index contributed by atoms with van der Waals surface area (Å²) in [6, 6.07) is 0. The fourth-order valence-electron chi connectivity index (χ4n) is 13.3. The minimum absolute atomic E-state index is 0.107. The minimum atomic E-state index is 0.107. The molecule has 0 aromatic heterocycles. The van der Waals surface area contributed by atoms with Gasteiger partial charge in [0.25, 0.3) is 0 Å². The zero-order chi connectivity index (χ0) is 68.4. The predicted octanol–water partition coefficient (Wildman–Crippen LogP) is 22.3. The summed E-state index contributed by atoms with van der Waals surface area (Å²) in [6.07, 6.45) is 71.6. The van der Waals surface area contributed by atoms with Crippen molar-refractivity contribution in [3.05, 3.63) is 0 Å². The van der Waals surface area contributed by atoms with Gasteiger partial charge in [-0.3, -0.25) is 24.0 Å². The summed E-state index contributed by atoms with van der Waals surface area (Å²) in [5, 5.41) is 9.66. The fraction of sp³-hybridized carbons (Fsp3) is 0.940. The average molecular weight is 1330 g/mol. The highest BCUT2D eigenvalue weighted by Crippen LogP contribution is 2.17. The van der Waals surface area contributed by atoms with Gasteiger partial charge < -0.3 is 30.7 Å². The van der Waals surface area contributed by atoms with Crippen LogP contribution < -0.4 is 16.0 Å². The standard InChI is InChI=1S/C83H164N6O5/c1-6-11-16-21-26-31-36-38-43-48-54-61-80(91)63-73-89(72-62-79(90)60-53-47-42-37-32-27-22-17-12-7-2)78-77-88(76-66-83(94)86-69-57-51-46-41-35-30-25-20-15-10-5)71-59-52-58-70-87(74-64-81(92)84-67-55-49-44-39-33-28-23-18-13-8-3)75-65-82(93)85-68-56-50-45-40-34-29-24-19-14-9-4/h6-78H2,1-5H3,(H,84,92)(H,85,93)(H,86,94). The van der Waals surface area contributed by atoms with Gasteiger partial charge in [0.15, 0.2) is 0 Å². The van der Waals surface area contributed by atoms with Gasteiger partial charge in [0.2, 0.25) is 17.7 Å². The van der Waals surface area contributed by atoms with Crippen LogP contribution in [0.3, 0.4) is 0 Å². The van der Waals surface area contributed by atoms with Crippen LogP contribution in [0.2, 0.25) is 0 Å². The Hall–Kier alpha value is -2.37. The Labute approximate surface area is 585 Å². The van der Waals surface area contributed by atoms with Crippen LogP contribution in [-0.2, 0) is 24.0 Å². The zero-order valence-electron chi connectivity index (χ0n) is 64.0. The van der Waals surface area contributed by atoms with Gasteiger partial charge in [-0.15, -0.1) is 0 Å². The van der Waals surface area contributed by atoms with E-state index in [0.717, 1.165) is 116 Å². The van der Waals surface area contributed by atoms with E-state index in [2.05, 4.69) is 65.3 Å². The molecular formula is C83H164N6O5. The first kappa shape index (κ1) is 91.6. The van der Waals surface area contributed by atoms with Gasteiger partial charge in [-0.2, -0.15) is 0 Å². The lowest BCUT2D eigenvalue weighted by atomic mass is 10.0. The highest BCUT2D eigenvalue weighted by molar-refractivity contribution is 5.79. The topological polar surface area (TPSA) is 131 Å². The second-order valence-electron chi connectivity index (χ2n) is 29.2. The maximum atomic E-state index is 13.4. The molecule has 0 unspecified atom stereocenters. The van der Waals surface area contributed by atoms with Gasteiger partial charge in [0, 0.05) is 110 Å². The Morgan fingerprint density at radius 3 is 0.606 bits per heavy atom. The molecule has 0 bridgehead atoms. The van der Waals surface area contributed by atoms with Crippen molar-refractivity contribution in [1.29, 1.82) is 0 Å². The summed E-state index contributed by atoms with van der Waals surface area (Å²) < 4.78 is 0. The predicted molar refractivity (Wildman–Crippen MR) is 408 cm³/mol. The Morgan fingerprint density at radius 2 is 0.362 bits per heavy atom. The van der Waals surface area contributed by atoms with Crippen molar-refractivity contribution in [3.8, 4) is 0 Å². The number of carbonyl (C=O) groups is 5. The van der Waals surface area contributed by atoms with Gasteiger partial charge in [-0.05, 0) is 58.0 Å². The molecule has 3 amide bonds. The molecule has 3 N–H and O–H groups in total. The lowest BCUT2D eigenvalue weighted by Gasteiger charge is -2.28. The smallest absolute Gasteiger partial charge is 0.221 e. The molecule has 0 fully saturated rings. The van der Waals surface area contributed by atoms with Gasteiger partial charge in [-0.1, -0.05) is 336 Å². The van der Waals surface area contributed by atoms with E-state index in [-0.39, 0.29) is 17.7 Å². The number of amides is 3. The van der Waals surface area contributed by atoms with Crippen LogP contribution in [0.5, 0.6) is 0 Å². The van der Waals surface area contributed by atoms with Crippen LogP contribution in [0.4, 0.5) is 0 Å². The molecule has 0 spiro atoms. The Bertz CT molecular complexity index is 1570. The third-order valence-electron chi connectivity index (χ3n) is 20.0. The molecule has 11 heteroatoms. The van der Waals surface area contributed by atoms with E-state index in [1.165, 1.54) is 276 Å². The molecule has 94 heavy (non-hydrogen) atoms. The third kappa shape index (κ3) is 70.9. The first-order valence-electron chi connectivity index (χ1n) is 42.2. The normalized spacial score (nSPS) is 11.7. The monoisotopic (exact) mass is 1330 g/mol. The molecule has 0 saturated heterocycles. The maximum absolute atomic E-state index is 13.4. The molecule has 0 saturated carbocycles. The number of nitrogens with zero attached hydrogens (tertiary/aromatic N) is 3.